The first-order valence-electron chi connectivity index (χ1n) is 6.77. The predicted octanol–water partition coefficient (Wildman–Crippen LogP) is 3.74. The Kier molecular flexibility index (Phi) is 3.36. The molecular weight excluding hydrogens is 234 g/mol. The Hall–Kier alpha value is -1.64. The van der Waals surface area contributed by atoms with Gasteiger partial charge in [0.25, 0.3) is 0 Å². The van der Waals surface area contributed by atoms with Crippen LogP contribution in [-0.4, -0.2) is 6.04 Å². The third kappa shape index (κ3) is 2.55. The fourth-order valence-electron chi connectivity index (χ4n) is 2.56. The number of nitrogens with one attached hydrogen (secondary N) is 1. The second kappa shape index (κ2) is 5.16. The van der Waals surface area contributed by atoms with Crippen LogP contribution < -0.4 is 5.32 Å². The molecular formula is C17H19NO. The number of ether oxygens (including phenoxy) is 1. The molecule has 0 aliphatic carbocycles. The predicted molar refractivity (Wildman–Crippen MR) is 76.8 cm³/mol. The molecule has 0 aromatic heterocycles. The summed E-state index contributed by atoms with van der Waals surface area (Å²) in [4.78, 5) is 0. The number of aryl methyl sites for hydroxylation is 1. The molecule has 2 aromatic rings. The van der Waals surface area contributed by atoms with Gasteiger partial charge < -0.3 is 4.74 Å². The van der Waals surface area contributed by atoms with E-state index in [2.05, 4.69) is 67.7 Å². The van der Waals surface area contributed by atoms with Crippen LogP contribution in [0, 0.1) is 6.92 Å². The van der Waals surface area contributed by atoms with Gasteiger partial charge in [0.15, 0.2) is 0 Å². The number of hydrogen-bond acceptors (Lipinski definition) is 2. The van der Waals surface area contributed by atoms with Crippen LogP contribution in [0.1, 0.15) is 35.9 Å². The average molecular weight is 253 g/mol. The van der Waals surface area contributed by atoms with Gasteiger partial charge >= 0.3 is 0 Å². The van der Waals surface area contributed by atoms with Crippen molar-refractivity contribution in [2.45, 2.75) is 32.2 Å². The molecule has 0 amide bonds. The zero-order valence-electron chi connectivity index (χ0n) is 11.3. The minimum Gasteiger partial charge on any atom is -0.350 e. The van der Waals surface area contributed by atoms with Crippen molar-refractivity contribution in [3.63, 3.8) is 0 Å². The molecule has 1 saturated heterocycles. The van der Waals surface area contributed by atoms with Gasteiger partial charge in [-0.25, -0.2) is 0 Å². The highest BCUT2D eigenvalue weighted by molar-refractivity contribution is 5.26. The van der Waals surface area contributed by atoms with Gasteiger partial charge in [0.1, 0.15) is 12.3 Å². The van der Waals surface area contributed by atoms with E-state index >= 15 is 0 Å². The Bertz CT molecular complexity index is 535. The maximum atomic E-state index is 6.17. The summed E-state index contributed by atoms with van der Waals surface area (Å²) in [6, 6.07) is 19.2. The summed E-state index contributed by atoms with van der Waals surface area (Å²) < 4.78 is 6.17. The van der Waals surface area contributed by atoms with E-state index < -0.39 is 0 Å². The van der Waals surface area contributed by atoms with Gasteiger partial charge in [-0.1, -0.05) is 60.2 Å². The monoisotopic (exact) mass is 253 g/mol. The van der Waals surface area contributed by atoms with Crippen molar-refractivity contribution < 1.29 is 4.74 Å². The standard InChI is InChI=1S/C17H19NO/c1-12-8-10-15(11-9-12)17-18-13(2)16(19-17)14-6-4-3-5-7-14/h3-11,13,16-18H,1-2H3/t13-,16+,17-/m1/s1. The molecule has 2 heteroatoms. The van der Waals surface area contributed by atoms with E-state index in [0.29, 0.717) is 6.04 Å². The minimum absolute atomic E-state index is 0.0131. The van der Waals surface area contributed by atoms with Crippen molar-refractivity contribution in [2.24, 2.45) is 0 Å². The van der Waals surface area contributed by atoms with E-state index in [1.54, 1.807) is 0 Å². The molecule has 0 unspecified atom stereocenters. The van der Waals surface area contributed by atoms with Crippen LogP contribution in [0.15, 0.2) is 54.6 Å². The van der Waals surface area contributed by atoms with Crippen molar-refractivity contribution >= 4 is 0 Å². The summed E-state index contributed by atoms with van der Waals surface area (Å²) in [5, 5.41) is 3.52. The van der Waals surface area contributed by atoms with Gasteiger partial charge in [0, 0.05) is 6.04 Å². The second-order valence-electron chi connectivity index (χ2n) is 5.21. The van der Waals surface area contributed by atoms with Gasteiger partial charge in [-0.05, 0) is 25.0 Å². The highest BCUT2D eigenvalue weighted by atomic mass is 16.5. The molecule has 1 heterocycles. The van der Waals surface area contributed by atoms with E-state index in [-0.39, 0.29) is 12.3 Å². The molecule has 19 heavy (non-hydrogen) atoms. The van der Waals surface area contributed by atoms with Gasteiger partial charge in [-0.15, -0.1) is 0 Å². The third-order valence-corrected chi connectivity index (χ3v) is 3.66. The first-order valence-corrected chi connectivity index (χ1v) is 6.77. The zero-order valence-corrected chi connectivity index (χ0v) is 11.3. The Labute approximate surface area is 114 Å². The summed E-state index contributed by atoms with van der Waals surface area (Å²) in [5.74, 6) is 0. The number of benzene rings is 2. The third-order valence-electron chi connectivity index (χ3n) is 3.66. The van der Waals surface area contributed by atoms with Crippen LogP contribution >= 0.6 is 0 Å². The molecule has 0 bridgehead atoms. The summed E-state index contributed by atoms with van der Waals surface area (Å²) in [5.41, 5.74) is 3.70. The summed E-state index contributed by atoms with van der Waals surface area (Å²) >= 11 is 0. The largest absolute Gasteiger partial charge is 0.350 e. The molecule has 3 rings (SSSR count). The molecule has 2 nitrogen and oxygen atoms in total. The Morgan fingerprint density at radius 1 is 0.895 bits per heavy atom. The Morgan fingerprint density at radius 2 is 1.58 bits per heavy atom. The van der Waals surface area contributed by atoms with E-state index in [4.69, 9.17) is 4.74 Å². The molecule has 1 aliphatic rings. The van der Waals surface area contributed by atoms with Gasteiger partial charge in [0.05, 0.1) is 0 Å². The highest BCUT2D eigenvalue weighted by Crippen LogP contribution is 2.34. The molecule has 2 aromatic carbocycles. The fourth-order valence-corrected chi connectivity index (χ4v) is 2.56. The molecule has 1 aliphatic heterocycles. The fraction of sp³-hybridized carbons (Fsp3) is 0.294. The maximum absolute atomic E-state index is 6.17. The lowest BCUT2D eigenvalue weighted by Gasteiger charge is -2.14. The average Bonchev–Trinajstić information content (AvgIpc) is 2.83. The lowest BCUT2D eigenvalue weighted by atomic mass is 10.0. The molecule has 0 saturated carbocycles. The van der Waals surface area contributed by atoms with E-state index in [1.165, 1.54) is 16.7 Å². The Balaban J connectivity index is 1.80. The SMILES string of the molecule is Cc1ccc([C@@H]2N[C@H](C)[C@@H](c3ccccc3)O2)cc1. The molecule has 1 N–H and O–H groups in total. The molecule has 0 radical (unpaired) electrons. The molecule has 0 spiro atoms. The quantitative estimate of drug-likeness (QED) is 0.880. The molecule has 3 atom stereocenters. The van der Waals surface area contributed by atoms with E-state index in [9.17, 15) is 0 Å². The van der Waals surface area contributed by atoms with Crippen LogP contribution in [0.2, 0.25) is 0 Å². The summed E-state index contributed by atoms with van der Waals surface area (Å²) in [7, 11) is 0. The van der Waals surface area contributed by atoms with Crippen molar-refractivity contribution in [2.75, 3.05) is 0 Å². The second-order valence-corrected chi connectivity index (χ2v) is 5.21. The van der Waals surface area contributed by atoms with Crippen molar-refractivity contribution in [3.05, 3.63) is 71.3 Å². The zero-order chi connectivity index (χ0) is 13.2. The van der Waals surface area contributed by atoms with E-state index in [1.807, 2.05) is 6.07 Å². The highest BCUT2D eigenvalue weighted by Gasteiger charge is 2.33. The lowest BCUT2D eigenvalue weighted by Crippen LogP contribution is -2.23. The summed E-state index contributed by atoms with van der Waals surface area (Å²) in [6.45, 7) is 4.27. The lowest BCUT2D eigenvalue weighted by molar-refractivity contribution is 0.0363. The van der Waals surface area contributed by atoms with Crippen LogP contribution in [0.4, 0.5) is 0 Å². The van der Waals surface area contributed by atoms with Crippen molar-refractivity contribution in [3.8, 4) is 0 Å². The number of rotatable bonds is 2. The maximum Gasteiger partial charge on any atom is 0.135 e. The van der Waals surface area contributed by atoms with Gasteiger partial charge in [-0.3, -0.25) is 5.32 Å². The van der Waals surface area contributed by atoms with Crippen LogP contribution in [-0.2, 0) is 4.74 Å². The van der Waals surface area contributed by atoms with Crippen molar-refractivity contribution in [1.82, 2.24) is 5.32 Å². The van der Waals surface area contributed by atoms with E-state index in [0.717, 1.165) is 0 Å². The molecule has 98 valence electrons. The van der Waals surface area contributed by atoms with Crippen LogP contribution in [0.5, 0.6) is 0 Å². The number of hydrogen-bond donors (Lipinski definition) is 1. The van der Waals surface area contributed by atoms with Gasteiger partial charge in [-0.2, -0.15) is 0 Å². The van der Waals surface area contributed by atoms with Gasteiger partial charge in [0.2, 0.25) is 0 Å². The smallest absolute Gasteiger partial charge is 0.135 e. The summed E-state index contributed by atoms with van der Waals surface area (Å²) in [6.07, 6.45) is 0.105. The Morgan fingerprint density at radius 3 is 2.26 bits per heavy atom. The van der Waals surface area contributed by atoms with Crippen molar-refractivity contribution in [1.29, 1.82) is 0 Å². The topological polar surface area (TPSA) is 21.3 Å². The minimum atomic E-state index is -0.0131. The normalized spacial score (nSPS) is 26.5. The molecule has 1 fully saturated rings. The van der Waals surface area contributed by atoms with Crippen LogP contribution in [0.3, 0.4) is 0 Å². The first-order chi connectivity index (χ1) is 9.24. The first kappa shape index (κ1) is 12.4. The van der Waals surface area contributed by atoms with Crippen LogP contribution in [0.25, 0.3) is 0 Å².